The second-order valence-corrected chi connectivity index (χ2v) is 5.17. The van der Waals surface area contributed by atoms with E-state index in [1.807, 2.05) is 0 Å². The van der Waals surface area contributed by atoms with E-state index in [9.17, 15) is 4.79 Å². The molecule has 0 spiro atoms. The van der Waals surface area contributed by atoms with Gasteiger partial charge in [-0.15, -0.1) is 0 Å². The predicted octanol–water partition coefficient (Wildman–Crippen LogP) is 2.40. The molecule has 1 unspecified atom stereocenters. The molecule has 1 atom stereocenters. The Labute approximate surface area is 114 Å². The smallest absolute Gasteiger partial charge is 0.255 e. The number of carbonyl (C=O) groups is 1. The van der Waals surface area contributed by atoms with Crippen LogP contribution in [0.2, 0.25) is 5.02 Å². The fourth-order valence-corrected chi connectivity index (χ4v) is 1.91. The van der Waals surface area contributed by atoms with Gasteiger partial charge in [-0.1, -0.05) is 11.6 Å². The normalized spacial score (nSPS) is 12.3. The lowest BCUT2D eigenvalue weighted by molar-refractivity contribution is 0.0681. The summed E-state index contributed by atoms with van der Waals surface area (Å²) in [6.07, 6.45) is 0. The maximum absolute atomic E-state index is 12.1. The van der Waals surface area contributed by atoms with Gasteiger partial charge in [0.2, 0.25) is 0 Å². The number of nitrogens with zero attached hydrogens (tertiary/aromatic N) is 1. The minimum atomic E-state index is -0.206. The van der Waals surface area contributed by atoms with Crippen LogP contribution in [0.25, 0.3) is 0 Å². The van der Waals surface area contributed by atoms with E-state index in [0.29, 0.717) is 10.6 Å². The van der Waals surface area contributed by atoms with Crippen molar-refractivity contribution in [2.24, 2.45) is 0 Å². The number of hydrogen-bond acceptors (Lipinski definition) is 2. The predicted molar refractivity (Wildman–Crippen MR) is 72.8 cm³/mol. The van der Waals surface area contributed by atoms with Crippen LogP contribution in [0.15, 0.2) is 18.2 Å². The number of carbonyl (C=O) groups excluding carboxylic acids is 1. The number of aliphatic hydroxyl groups is 1. The second-order valence-electron chi connectivity index (χ2n) is 3.57. The van der Waals surface area contributed by atoms with E-state index < -0.39 is 0 Å². The maximum atomic E-state index is 12.1. The van der Waals surface area contributed by atoms with Gasteiger partial charge in [0.1, 0.15) is 0 Å². The molecule has 0 saturated heterocycles. The maximum Gasteiger partial charge on any atom is 0.255 e. The van der Waals surface area contributed by atoms with Gasteiger partial charge < -0.3 is 10.0 Å². The van der Waals surface area contributed by atoms with Crippen LogP contribution >= 0.6 is 34.2 Å². The molecule has 0 aliphatic carbocycles. The molecule has 1 aromatic rings. The molecule has 1 aromatic carbocycles. The molecule has 0 radical (unpaired) electrons. The zero-order valence-corrected chi connectivity index (χ0v) is 12.0. The summed E-state index contributed by atoms with van der Waals surface area (Å²) in [5.41, 5.74) is 0.566. The lowest BCUT2D eigenvalue weighted by Crippen LogP contribution is -2.37. The van der Waals surface area contributed by atoms with E-state index in [1.165, 1.54) is 4.90 Å². The third-order valence-corrected chi connectivity index (χ3v) is 3.58. The van der Waals surface area contributed by atoms with E-state index in [-0.39, 0.29) is 18.6 Å². The molecule has 0 aliphatic heterocycles. The Hall–Kier alpha value is -0.330. The van der Waals surface area contributed by atoms with Crippen LogP contribution in [0.3, 0.4) is 0 Å². The van der Waals surface area contributed by atoms with E-state index in [4.69, 9.17) is 16.7 Å². The standard InChI is InChI=1S/C11H13ClINO2/c1-7(6-15)14(2)11(16)9-5-8(12)3-4-10(9)13/h3-5,7,15H,6H2,1-2H3. The van der Waals surface area contributed by atoms with Crippen LogP contribution in [0.5, 0.6) is 0 Å². The van der Waals surface area contributed by atoms with Crippen molar-refractivity contribution in [3.8, 4) is 0 Å². The highest BCUT2D eigenvalue weighted by molar-refractivity contribution is 14.1. The molecule has 5 heteroatoms. The van der Waals surface area contributed by atoms with E-state index in [1.54, 1.807) is 32.2 Å². The quantitative estimate of drug-likeness (QED) is 0.848. The zero-order chi connectivity index (χ0) is 12.3. The SMILES string of the molecule is CC(CO)N(C)C(=O)c1cc(Cl)ccc1I. The average Bonchev–Trinajstić information content (AvgIpc) is 2.29. The summed E-state index contributed by atoms with van der Waals surface area (Å²) in [7, 11) is 1.67. The highest BCUT2D eigenvalue weighted by Crippen LogP contribution is 2.19. The zero-order valence-electron chi connectivity index (χ0n) is 9.08. The van der Waals surface area contributed by atoms with Gasteiger partial charge >= 0.3 is 0 Å². The lowest BCUT2D eigenvalue weighted by atomic mass is 10.2. The van der Waals surface area contributed by atoms with Crippen molar-refractivity contribution in [2.45, 2.75) is 13.0 Å². The highest BCUT2D eigenvalue weighted by atomic mass is 127. The van der Waals surface area contributed by atoms with Gasteiger partial charge in [0.05, 0.1) is 18.2 Å². The van der Waals surface area contributed by atoms with E-state index in [2.05, 4.69) is 22.6 Å². The van der Waals surface area contributed by atoms with Crippen molar-refractivity contribution in [2.75, 3.05) is 13.7 Å². The van der Waals surface area contributed by atoms with Crippen LogP contribution < -0.4 is 0 Å². The molecular formula is C11H13ClINO2. The largest absolute Gasteiger partial charge is 0.394 e. The third-order valence-electron chi connectivity index (χ3n) is 2.40. The van der Waals surface area contributed by atoms with E-state index >= 15 is 0 Å². The van der Waals surface area contributed by atoms with Crippen molar-refractivity contribution >= 4 is 40.1 Å². The second kappa shape index (κ2) is 5.84. The van der Waals surface area contributed by atoms with E-state index in [0.717, 1.165) is 3.57 Å². The first-order valence-electron chi connectivity index (χ1n) is 4.80. The van der Waals surface area contributed by atoms with Gasteiger partial charge in [-0.25, -0.2) is 0 Å². The summed E-state index contributed by atoms with van der Waals surface area (Å²) in [6, 6.07) is 4.98. The molecule has 1 N–H and O–H groups in total. The van der Waals surface area contributed by atoms with Gasteiger partial charge in [0.15, 0.2) is 0 Å². The summed E-state index contributed by atoms with van der Waals surface area (Å²) < 4.78 is 0.851. The number of hydrogen-bond donors (Lipinski definition) is 1. The summed E-state index contributed by atoms with van der Waals surface area (Å²) in [5, 5.41) is 9.54. The minimum absolute atomic E-state index is 0.0562. The Bertz CT molecular complexity index is 398. The lowest BCUT2D eigenvalue weighted by Gasteiger charge is -2.23. The molecule has 0 aliphatic rings. The Balaban J connectivity index is 3.00. The molecule has 1 amide bonds. The molecule has 0 bridgehead atoms. The van der Waals surface area contributed by atoms with Crippen molar-refractivity contribution in [1.82, 2.24) is 4.90 Å². The number of benzene rings is 1. The van der Waals surface area contributed by atoms with Crippen molar-refractivity contribution < 1.29 is 9.90 Å². The van der Waals surface area contributed by atoms with Gasteiger partial charge in [-0.3, -0.25) is 4.79 Å². The fourth-order valence-electron chi connectivity index (χ4n) is 1.17. The molecule has 0 aromatic heterocycles. The average molecular weight is 354 g/mol. The first kappa shape index (κ1) is 13.7. The number of halogens is 2. The summed E-state index contributed by atoms with van der Waals surface area (Å²) >= 11 is 7.95. The topological polar surface area (TPSA) is 40.5 Å². The molecule has 1 rings (SSSR count). The number of likely N-dealkylation sites (N-methyl/N-ethyl adjacent to an activating group) is 1. The molecule has 0 saturated carbocycles. The molecular weight excluding hydrogens is 340 g/mol. The Morgan fingerprint density at radius 3 is 2.81 bits per heavy atom. The van der Waals surface area contributed by atoms with Gasteiger partial charge in [0, 0.05) is 15.6 Å². The van der Waals surface area contributed by atoms with Crippen molar-refractivity contribution in [3.05, 3.63) is 32.4 Å². The van der Waals surface area contributed by atoms with Crippen molar-refractivity contribution in [3.63, 3.8) is 0 Å². The molecule has 3 nitrogen and oxygen atoms in total. The van der Waals surface area contributed by atoms with Crippen LogP contribution in [-0.4, -0.2) is 35.6 Å². The van der Waals surface area contributed by atoms with Crippen LogP contribution in [0, 0.1) is 3.57 Å². The van der Waals surface area contributed by atoms with Crippen LogP contribution in [0.1, 0.15) is 17.3 Å². The van der Waals surface area contributed by atoms with Crippen LogP contribution in [-0.2, 0) is 0 Å². The third kappa shape index (κ3) is 3.09. The number of rotatable bonds is 3. The molecule has 88 valence electrons. The summed E-state index contributed by atoms with van der Waals surface area (Å²) in [6.45, 7) is 1.73. The Morgan fingerprint density at radius 2 is 2.25 bits per heavy atom. The summed E-state index contributed by atoms with van der Waals surface area (Å²) in [4.78, 5) is 13.6. The van der Waals surface area contributed by atoms with Gasteiger partial charge in [0.25, 0.3) is 5.91 Å². The molecule has 16 heavy (non-hydrogen) atoms. The fraction of sp³-hybridized carbons (Fsp3) is 0.364. The molecule has 0 fully saturated rings. The minimum Gasteiger partial charge on any atom is -0.394 e. The van der Waals surface area contributed by atoms with Crippen LogP contribution in [0.4, 0.5) is 0 Å². The first-order valence-corrected chi connectivity index (χ1v) is 6.26. The van der Waals surface area contributed by atoms with Gasteiger partial charge in [-0.2, -0.15) is 0 Å². The number of amides is 1. The highest BCUT2D eigenvalue weighted by Gasteiger charge is 2.19. The van der Waals surface area contributed by atoms with Gasteiger partial charge in [-0.05, 0) is 47.7 Å². The Morgan fingerprint density at radius 1 is 1.62 bits per heavy atom. The monoisotopic (exact) mass is 353 g/mol. The first-order chi connectivity index (χ1) is 7.47. The Kier molecular flexibility index (Phi) is 5.01. The van der Waals surface area contributed by atoms with Crippen molar-refractivity contribution in [1.29, 1.82) is 0 Å². The summed E-state index contributed by atoms with van der Waals surface area (Å²) in [5.74, 6) is -0.131. The number of aliphatic hydroxyl groups excluding tert-OH is 1. The molecule has 0 heterocycles.